The number of likely N-dealkylation sites (tertiary alicyclic amines) is 2. The lowest BCUT2D eigenvalue weighted by Crippen LogP contribution is -2.41. The molecule has 1 N–H and O–H groups in total. The topological polar surface area (TPSA) is 44.8 Å². The van der Waals surface area contributed by atoms with Gasteiger partial charge in [0.05, 0.1) is 0 Å². The first-order chi connectivity index (χ1) is 10.3. The van der Waals surface area contributed by atoms with Gasteiger partial charge in [-0.3, -0.25) is 0 Å². The van der Waals surface area contributed by atoms with Crippen LogP contribution in [0.3, 0.4) is 0 Å². The maximum atomic E-state index is 12.2. The van der Waals surface area contributed by atoms with E-state index in [4.69, 9.17) is 4.74 Å². The molecule has 128 valence electrons. The zero-order valence-corrected chi connectivity index (χ0v) is 14.7. The Bertz CT molecular complexity index is 367. The summed E-state index contributed by atoms with van der Waals surface area (Å²) in [5.41, 5.74) is -0.409. The molecule has 2 aliphatic rings. The van der Waals surface area contributed by atoms with Gasteiger partial charge in [-0.15, -0.1) is 0 Å². The Labute approximate surface area is 135 Å². The molecule has 0 aromatic heterocycles. The van der Waals surface area contributed by atoms with Gasteiger partial charge in [0.2, 0.25) is 0 Å². The molecule has 0 saturated carbocycles. The van der Waals surface area contributed by atoms with Gasteiger partial charge in [0.25, 0.3) is 0 Å². The van der Waals surface area contributed by atoms with Gasteiger partial charge in [-0.2, -0.15) is 0 Å². The molecule has 2 aliphatic heterocycles. The Morgan fingerprint density at radius 3 is 2.50 bits per heavy atom. The van der Waals surface area contributed by atoms with Crippen molar-refractivity contribution in [2.45, 2.75) is 70.6 Å². The van der Waals surface area contributed by atoms with Crippen molar-refractivity contribution in [3.63, 3.8) is 0 Å². The van der Waals surface area contributed by atoms with Crippen LogP contribution < -0.4 is 5.32 Å². The highest BCUT2D eigenvalue weighted by Crippen LogP contribution is 2.17. The summed E-state index contributed by atoms with van der Waals surface area (Å²) in [7, 11) is 2.22. The predicted octanol–water partition coefficient (Wildman–Crippen LogP) is 2.46. The number of nitrogens with one attached hydrogen (secondary N) is 1. The van der Waals surface area contributed by atoms with Crippen LogP contribution in [0.25, 0.3) is 0 Å². The van der Waals surface area contributed by atoms with Crippen molar-refractivity contribution in [2.24, 2.45) is 0 Å². The van der Waals surface area contributed by atoms with E-state index in [0.717, 1.165) is 38.9 Å². The van der Waals surface area contributed by atoms with Crippen molar-refractivity contribution in [1.29, 1.82) is 0 Å². The average molecular weight is 311 g/mol. The third kappa shape index (κ3) is 5.43. The van der Waals surface area contributed by atoms with Crippen LogP contribution in [-0.2, 0) is 4.74 Å². The van der Waals surface area contributed by atoms with Crippen LogP contribution in [-0.4, -0.2) is 66.8 Å². The summed E-state index contributed by atoms with van der Waals surface area (Å²) in [6.07, 6.45) is 5.69. The van der Waals surface area contributed by atoms with Crippen molar-refractivity contribution in [2.75, 3.05) is 33.2 Å². The van der Waals surface area contributed by atoms with Crippen LogP contribution in [0.5, 0.6) is 0 Å². The van der Waals surface area contributed by atoms with E-state index in [2.05, 4.69) is 17.3 Å². The van der Waals surface area contributed by atoms with Crippen LogP contribution in [0.15, 0.2) is 0 Å². The van der Waals surface area contributed by atoms with Crippen molar-refractivity contribution in [3.8, 4) is 0 Å². The Hall–Kier alpha value is -0.810. The molecular weight excluding hydrogens is 278 g/mol. The Morgan fingerprint density at radius 1 is 1.14 bits per heavy atom. The summed E-state index contributed by atoms with van der Waals surface area (Å²) in [6.45, 7) is 9.68. The van der Waals surface area contributed by atoms with Crippen LogP contribution in [0.4, 0.5) is 4.79 Å². The maximum absolute atomic E-state index is 12.2. The van der Waals surface area contributed by atoms with Gasteiger partial charge in [-0.25, -0.2) is 4.79 Å². The highest BCUT2D eigenvalue weighted by Gasteiger charge is 2.26. The Morgan fingerprint density at radius 2 is 1.86 bits per heavy atom. The van der Waals surface area contributed by atoms with E-state index < -0.39 is 5.60 Å². The van der Waals surface area contributed by atoms with E-state index in [-0.39, 0.29) is 6.09 Å². The number of hydrogen-bond donors (Lipinski definition) is 1. The minimum Gasteiger partial charge on any atom is -0.444 e. The molecule has 0 spiro atoms. The van der Waals surface area contributed by atoms with E-state index in [0.29, 0.717) is 12.1 Å². The summed E-state index contributed by atoms with van der Waals surface area (Å²) in [5.74, 6) is 0. The molecule has 2 rings (SSSR count). The van der Waals surface area contributed by atoms with E-state index in [1.54, 1.807) is 0 Å². The molecule has 5 heteroatoms. The summed E-state index contributed by atoms with van der Waals surface area (Å²) < 4.78 is 5.48. The van der Waals surface area contributed by atoms with Gasteiger partial charge in [-0.1, -0.05) is 0 Å². The SMILES string of the molecule is CN1CCCC1CNC1CCCN(C(=O)OC(C)(C)C)CC1. The quantitative estimate of drug-likeness (QED) is 0.869. The number of ether oxygens (including phenoxy) is 1. The highest BCUT2D eigenvalue weighted by molar-refractivity contribution is 5.68. The zero-order chi connectivity index (χ0) is 16.2. The molecule has 5 nitrogen and oxygen atoms in total. The van der Waals surface area contributed by atoms with E-state index >= 15 is 0 Å². The normalized spacial score (nSPS) is 27.7. The van der Waals surface area contributed by atoms with Crippen molar-refractivity contribution in [3.05, 3.63) is 0 Å². The second kappa shape index (κ2) is 7.64. The number of nitrogens with zero attached hydrogens (tertiary/aromatic N) is 2. The van der Waals surface area contributed by atoms with E-state index in [9.17, 15) is 4.79 Å². The van der Waals surface area contributed by atoms with E-state index in [1.165, 1.54) is 19.4 Å². The van der Waals surface area contributed by atoms with Crippen LogP contribution in [0, 0.1) is 0 Å². The minimum absolute atomic E-state index is 0.163. The molecule has 0 aromatic rings. The summed E-state index contributed by atoms with van der Waals surface area (Å²) in [6, 6.07) is 1.21. The molecule has 22 heavy (non-hydrogen) atoms. The minimum atomic E-state index is -0.409. The number of amides is 1. The molecule has 0 aromatic carbocycles. The third-order valence-corrected chi connectivity index (χ3v) is 4.69. The Balaban J connectivity index is 1.73. The van der Waals surface area contributed by atoms with Gasteiger partial charge < -0.3 is 19.9 Å². The number of likely N-dealkylation sites (N-methyl/N-ethyl adjacent to an activating group) is 1. The first-order valence-electron chi connectivity index (χ1n) is 8.77. The number of carbonyl (C=O) groups excluding carboxylic acids is 1. The predicted molar refractivity (Wildman–Crippen MR) is 89.1 cm³/mol. The van der Waals surface area contributed by atoms with Crippen LogP contribution >= 0.6 is 0 Å². The largest absolute Gasteiger partial charge is 0.444 e. The van der Waals surface area contributed by atoms with Gasteiger partial charge >= 0.3 is 6.09 Å². The fourth-order valence-corrected chi connectivity index (χ4v) is 3.35. The van der Waals surface area contributed by atoms with Crippen molar-refractivity contribution >= 4 is 6.09 Å². The first-order valence-corrected chi connectivity index (χ1v) is 8.77. The standard InChI is InChI=1S/C17H33N3O2/c1-17(2,3)22-16(21)20-11-5-7-14(9-12-20)18-13-15-8-6-10-19(15)4/h14-15,18H,5-13H2,1-4H3. The first kappa shape index (κ1) is 17.5. The summed E-state index contributed by atoms with van der Waals surface area (Å²) in [5, 5.41) is 3.72. The van der Waals surface area contributed by atoms with Gasteiger partial charge in [0, 0.05) is 31.7 Å². The number of rotatable bonds is 3. The van der Waals surface area contributed by atoms with E-state index in [1.807, 2.05) is 25.7 Å². The fraction of sp³-hybridized carbons (Fsp3) is 0.941. The lowest BCUT2D eigenvalue weighted by Gasteiger charge is -2.26. The van der Waals surface area contributed by atoms with Gasteiger partial charge in [-0.05, 0) is 66.5 Å². The third-order valence-electron chi connectivity index (χ3n) is 4.69. The zero-order valence-electron chi connectivity index (χ0n) is 14.7. The molecule has 2 saturated heterocycles. The van der Waals surface area contributed by atoms with Crippen molar-refractivity contribution < 1.29 is 9.53 Å². The monoisotopic (exact) mass is 311 g/mol. The lowest BCUT2D eigenvalue weighted by molar-refractivity contribution is 0.0256. The van der Waals surface area contributed by atoms with Crippen LogP contribution in [0.2, 0.25) is 0 Å². The lowest BCUT2D eigenvalue weighted by atomic mass is 10.1. The second-order valence-corrected chi connectivity index (χ2v) is 7.78. The fourth-order valence-electron chi connectivity index (χ4n) is 3.35. The molecule has 2 fully saturated rings. The molecular formula is C17H33N3O2. The van der Waals surface area contributed by atoms with Gasteiger partial charge in [0.1, 0.15) is 5.60 Å². The highest BCUT2D eigenvalue weighted by atomic mass is 16.6. The molecule has 2 atom stereocenters. The second-order valence-electron chi connectivity index (χ2n) is 7.78. The van der Waals surface area contributed by atoms with Crippen molar-refractivity contribution in [1.82, 2.24) is 15.1 Å². The summed E-state index contributed by atoms with van der Waals surface area (Å²) in [4.78, 5) is 16.5. The smallest absolute Gasteiger partial charge is 0.410 e. The number of hydrogen-bond acceptors (Lipinski definition) is 4. The number of carbonyl (C=O) groups is 1. The molecule has 0 bridgehead atoms. The molecule has 2 unspecified atom stereocenters. The summed E-state index contributed by atoms with van der Waals surface area (Å²) >= 11 is 0. The van der Waals surface area contributed by atoms with Crippen LogP contribution in [0.1, 0.15) is 52.9 Å². The molecule has 0 aliphatic carbocycles. The Kier molecular flexibility index (Phi) is 6.09. The average Bonchev–Trinajstić information content (AvgIpc) is 2.69. The molecule has 0 radical (unpaired) electrons. The molecule has 2 heterocycles. The maximum Gasteiger partial charge on any atom is 0.410 e. The van der Waals surface area contributed by atoms with Gasteiger partial charge in [0.15, 0.2) is 0 Å². The molecule has 1 amide bonds.